The molecule has 2 aromatic heterocycles. The Balaban J connectivity index is 1.85. The van der Waals surface area contributed by atoms with E-state index in [4.69, 9.17) is 8.83 Å². The van der Waals surface area contributed by atoms with Crippen LogP contribution in [0.5, 0.6) is 0 Å². The summed E-state index contributed by atoms with van der Waals surface area (Å²) in [6, 6.07) is 8.60. The largest absolute Gasteiger partial charge is 0.444 e. The van der Waals surface area contributed by atoms with Crippen molar-refractivity contribution >= 4 is 38.6 Å². The zero-order valence-electron chi connectivity index (χ0n) is 10.6. The van der Waals surface area contributed by atoms with E-state index >= 15 is 0 Å². The second-order valence-electron chi connectivity index (χ2n) is 4.20. The van der Waals surface area contributed by atoms with Crippen LogP contribution in [0.15, 0.2) is 43.8 Å². The Bertz CT molecular complexity index is 776. The number of nitrogens with one attached hydrogen (secondary N) is 1. The van der Waals surface area contributed by atoms with Gasteiger partial charge in [0.15, 0.2) is 21.9 Å². The molecule has 102 valence electrons. The molecule has 3 aromatic rings. The van der Waals surface area contributed by atoms with Crippen LogP contribution in [0, 0.1) is 0 Å². The molecule has 0 aliphatic carbocycles. The predicted molar refractivity (Wildman–Crippen MR) is 77.7 cm³/mol. The average molecular weight is 335 g/mol. The lowest BCUT2D eigenvalue weighted by atomic mass is 10.3. The molecule has 0 fully saturated rings. The molecule has 1 N–H and O–H groups in total. The highest BCUT2D eigenvalue weighted by molar-refractivity contribution is 9.10. The number of hydrogen-bond acceptors (Lipinski definition) is 4. The third-order valence-electron chi connectivity index (χ3n) is 2.79. The lowest BCUT2D eigenvalue weighted by molar-refractivity contribution is 0.0995. The zero-order chi connectivity index (χ0) is 14.1. The number of anilines is 1. The van der Waals surface area contributed by atoms with E-state index in [0.717, 1.165) is 11.9 Å². The van der Waals surface area contributed by atoms with Gasteiger partial charge in [-0.3, -0.25) is 4.79 Å². The highest BCUT2D eigenvalue weighted by Gasteiger charge is 2.12. The molecule has 1 aromatic carbocycles. The van der Waals surface area contributed by atoms with Crippen molar-refractivity contribution in [2.45, 2.75) is 13.3 Å². The number of amides is 1. The fraction of sp³-hybridized carbons (Fsp3) is 0.143. The smallest absolute Gasteiger partial charge is 0.291 e. The summed E-state index contributed by atoms with van der Waals surface area (Å²) in [7, 11) is 0. The van der Waals surface area contributed by atoms with Crippen LogP contribution in [0.25, 0.3) is 11.1 Å². The summed E-state index contributed by atoms with van der Waals surface area (Å²) >= 11 is 3.16. The first kappa shape index (κ1) is 12.9. The molecular formula is C14H11BrN2O3. The van der Waals surface area contributed by atoms with Gasteiger partial charge >= 0.3 is 0 Å². The van der Waals surface area contributed by atoms with Gasteiger partial charge in [-0.05, 0) is 46.3 Å². The second-order valence-corrected chi connectivity index (χ2v) is 4.98. The van der Waals surface area contributed by atoms with Gasteiger partial charge in [0.2, 0.25) is 0 Å². The molecule has 3 rings (SSSR count). The molecule has 0 atom stereocenters. The van der Waals surface area contributed by atoms with Crippen molar-refractivity contribution in [1.29, 1.82) is 0 Å². The van der Waals surface area contributed by atoms with Crippen LogP contribution in [0.4, 0.5) is 5.69 Å². The summed E-state index contributed by atoms with van der Waals surface area (Å²) in [5.74, 6) is 0.610. The summed E-state index contributed by atoms with van der Waals surface area (Å²) < 4.78 is 11.2. The molecule has 0 bridgehead atoms. The normalized spacial score (nSPS) is 10.9. The fourth-order valence-corrected chi connectivity index (χ4v) is 2.14. The van der Waals surface area contributed by atoms with E-state index in [-0.39, 0.29) is 11.7 Å². The number of furan rings is 1. The zero-order valence-corrected chi connectivity index (χ0v) is 12.2. The van der Waals surface area contributed by atoms with Crippen molar-refractivity contribution in [3.63, 3.8) is 0 Å². The van der Waals surface area contributed by atoms with Gasteiger partial charge < -0.3 is 14.2 Å². The Morgan fingerprint density at radius 2 is 2.15 bits per heavy atom. The number of carbonyl (C=O) groups is 1. The second kappa shape index (κ2) is 5.13. The average Bonchev–Trinajstić information content (AvgIpc) is 3.03. The van der Waals surface area contributed by atoms with Crippen molar-refractivity contribution in [2.24, 2.45) is 0 Å². The monoisotopic (exact) mass is 334 g/mol. The molecule has 6 heteroatoms. The highest BCUT2D eigenvalue weighted by Crippen LogP contribution is 2.21. The fourth-order valence-electron chi connectivity index (χ4n) is 1.83. The summed E-state index contributed by atoms with van der Waals surface area (Å²) in [6.45, 7) is 1.97. The third-order valence-corrected chi connectivity index (χ3v) is 3.22. The minimum Gasteiger partial charge on any atom is -0.444 e. The molecule has 0 saturated carbocycles. The summed E-state index contributed by atoms with van der Waals surface area (Å²) in [4.78, 5) is 16.3. The van der Waals surface area contributed by atoms with Gasteiger partial charge in [0.1, 0.15) is 5.52 Å². The molecule has 0 aliphatic rings. The molecular weight excluding hydrogens is 324 g/mol. The maximum atomic E-state index is 12.0. The number of aromatic nitrogens is 1. The number of halogens is 1. The molecule has 5 nitrogen and oxygen atoms in total. The maximum absolute atomic E-state index is 12.0. The highest BCUT2D eigenvalue weighted by atomic mass is 79.9. The van der Waals surface area contributed by atoms with Gasteiger partial charge in [0, 0.05) is 12.1 Å². The SMILES string of the molecule is CCc1nc2cc(NC(=O)c3ccc(Br)o3)ccc2o1. The quantitative estimate of drug-likeness (QED) is 0.786. The van der Waals surface area contributed by atoms with E-state index in [0.29, 0.717) is 21.8 Å². The third kappa shape index (κ3) is 2.46. The van der Waals surface area contributed by atoms with Crippen molar-refractivity contribution in [3.8, 4) is 0 Å². The number of fused-ring (bicyclic) bond motifs is 1. The first-order valence-electron chi connectivity index (χ1n) is 6.12. The van der Waals surface area contributed by atoms with Crippen molar-refractivity contribution in [1.82, 2.24) is 4.98 Å². The van der Waals surface area contributed by atoms with Gasteiger partial charge in [0.05, 0.1) is 0 Å². The standard InChI is InChI=1S/C14H11BrN2O3/c1-2-13-17-9-7-8(3-4-10(9)20-13)16-14(18)11-5-6-12(15)19-11/h3-7H,2H2,1H3,(H,16,18). The summed E-state index contributed by atoms with van der Waals surface area (Å²) in [5, 5.41) is 2.76. The lowest BCUT2D eigenvalue weighted by Gasteiger charge is -2.02. The minimum atomic E-state index is -0.311. The van der Waals surface area contributed by atoms with Crippen LogP contribution < -0.4 is 5.32 Å². The number of nitrogens with zero attached hydrogens (tertiary/aromatic N) is 1. The number of carbonyl (C=O) groups excluding carboxylic acids is 1. The Morgan fingerprint density at radius 3 is 2.85 bits per heavy atom. The number of rotatable bonds is 3. The van der Waals surface area contributed by atoms with Crippen LogP contribution >= 0.6 is 15.9 Å². The van der Waals surface area contributed by atoms with E-state index in [1.165, 1.54) is 0 Å². The Kier molecular flexibility index (Phi) is 3.31. The summed E-state index contributed by atoms with van der Waals surface area (Å²) in [6.07, 6.45) is 0.733. The first-order valence-corrected chi connectivity index (χ1v) is 6.91. The van der Waals surface area contributed by atoms with Gasteiger partial charge in [-0.2, -0.15) is 0 Å². The number of hydrogen-bond donors (Lipinski definition) is 1. The molecule has 0 saturated heterocycles. The predicted octanol–water partition coefficient (Wildman–Crippen LogP) is 4.00. The molecule has 0 unspecified atom stereocenters. The van der Waals surface area contributed by atoms with Crippen LogP contribution in [0.2, 0.25) is 0 Å². The van der Waals surface area contributed by atoms with Crippen LogP contribution in [0.1, 0.15) is 23.4 Å². The molecule has 0 radical (unpaired) electrons. The number of oxazole rings is 1. The van der Waals surface area contributed by atoms with Gasteiger partial charge in [-0.15, -0.1) is 0 Å². The Morgan fingerprint density at radius 1 is 1.30 bits per heavy atom. The van der Waals surface area contributed by atoms with Crippen molar-refractivity contribution in [3.05, 3.63) is 46.7 Å². The van der Waals surface area contributed by atoms with Crippen LogP contribution in [-0.4, -0.2) is 10.9 Å². The minimum absolute atomic E-state index is 0.242. The molecule has 0 aliphatic heterocycles. The van der Waals surface area contributed by atoms with E-state index in [1.54, 1.807) is 30.3 Å². The number of benzene rings is 1. The molecule has 0 spiro atoms. The number of aryl methyl sites for hydroxylation is 1. The van der Waals surface area contributed by atoms with Gasteiger partial charge in [-0.25, -0.2) is 4.98 Å². The Hall–Kier alpha value is -2.08. The van der Waals surface area contributed by atoms with E-state index < -0.39 is 0 Å². The topological polar surface area (TPSA) is 68.3 Å². The molecule has 2 heterocycles. The van der Waals surface area contributed by atoms with Gasteiger partial charge in [-0.1, -0.05) is 6.92 Å². The van der Waals surface area contributed by atoms with Crippen LogP contribution in [0.3, 0.4) is 0 Å². The first-order chi connectivity index (χ1) is 9.65. The van der Waals surface area contributed by atoms with E-state index in [1.807, 2.05) is 6.92 Å². The summed E-state index contributed by atoms with van der Waals surface area (Å²) in [5.41, 5.74) is 2.08. The van der Waals surface area contributed by atoms with E-state index in [9.17, 15) is 4.79 Å². The lowest BCUT2D eigenvalue weighted by Crippen LogP contribution is -2.10. The molecule has 20 heavy (non-hydrogen) atoms. The van der Waals surface area contributed by atoms with Crippen molar-refractivity contribution in [2.75, 3.05) is 5.32 Å². The Labute approximate surface area is 123 Å². The van der Waals surface area contributed by atoms with Crippen LogP contribution in [-0.2, 0) is 6.42 Å². The van der Waals surface area contributed by atoms with Gasteiger partial charge in [0.25, 0.3) is 5.91 Å². The van der Waals surface area contributed by atoms with E-state index in [2.05, 4.69) is 26.2 Å². The molecule has 1 amide bonds. The maximum Gasteiger partial charge on any atom is 0.291 e. The van der Waals surface area contributed by atoms with Crippen molar-refractivity contribution < 1.29 is 13.6 Å².